The fourth-order valence-electron chi connectivity index (χ4n) is 3.69. The molecule has 2 fully saturated rings. The van der Waals surface area contributed by atoms with Crippen LogP contribution in [0.5, 0.6) is 0 Å². The van der Waals surface area contributed by atoms with Crippen LogP contribution in [0.4, 0.5) is 10.6 Å². The molecule has 1 saturated heterocycles. The van der Waals surface area contributed by atoms with Crippen molar-refractivity contribution in [1.82, 2.24) is 14.8 Å². The first-order valence-electron chi connectivity index (χ1n) is 8.91. The van der Waals surface area contributed by atoms with E-state index in [9.17, 15) is 14.7 Å². The summed E-state index contributed by atoms with van der Waals surface area (Å²) in [6.45, 7) is 3.72. The monoisotopic (exact) mass is 440 g/mol. The summed E-state index contributed by atoms with van der Waals surface area (Å²) in [5, 5.41) is 12.4. The molecule has 148 valence electrons. The summed E-state index contributed by atoms with van der Waals surface area (Å²) in [6.07, 6.45) is 0.163. The lowest BCUT2D eigenvalue weighted by Crippen LogP contribution is -2.45. The predicted molar refractivity (Wildman–Crippen MR) is 104 cm³/mol. The summed E-state index contributed by atoms with van der Waals surface area (Å²) in [7, 11) is 3.95. The molecule has 8 nitrogen and oxygen atoms in total. The summed E-state index contributed by atoms with van der Waals surface area (Å²) in [5.74, 6) is 0.0996. The molecule has 1 aliphatic carbocycles. The Morgan fingerprint density at radius 1 is 1.44 bits per heavy atom. The SMILES string of the molecule is Cc1ccc(Br)nc1NC(=O)C1CC2(COCCN(C)C)CC2N1C(=O)O. The minimum absolute atomic E-state index is 0.151. The van der Waals surface area contributed by atoms with Gasteiger partial charge in [0.2, 0.25) is 5.91 Å². The molecule has 2 aliphatic rings. The second kappa shape index (κ2) is 7.73. The van der Waals surface area contributed by atoms with Crippen LogP contribution in [0.25, 0.3) is 0 Å². The van der Waals surface area contributed by atoms with Crippen molar-refractivity contribution in [2.45, 2.75) is 31.8 Å². The maximum atomic E-state index is 12.8. The number of piperidine rings is 1. The summed E-state index contributed by atoms with van der Waals surface area (Å²) in [4.78, 5) is 32.2. The van der Waals surface area contributed by atoms with Gasteiger partial charge in [-0.05, 0) is 61.4 Å². The molecule has 0 radical (unpaired) electrons. The molecule has 3 rings (SSSR count). The molecule has 0 bridgehead atoms. The van der Waals surface area contributed by atoms with Crippen molar-refractivity contribution in [3.05, 3.63) is 22.3 Å². The van der Waals surface area contributed by atoms with Crippen LogP contribution >= 0.6 is 15.9 Å². The first-order chi connectivity index (χ1) is 12.7. The smallest absolute Gasteiger partial charge is 0.408 e. The Morgan fingerprint density at radius 2 is 2.19 bits per heavy atom. The highest BCUT2D eigenvalue weighted by Gasteiger charge is 2.67. The maximum absolute atomic E-state index is 12.8. The molecule has 0 aromatic carbocycles. The number of carbonyl (C=O) groups is 2. The number of carboxylic acid groups (broad SMARTS) is 1. The molecule has 3 atom stereocenters. The molecule has 2 N–H and O–H groups in total. The summed E-state index contributed by atoms with van der Waals surface area (Å²) in [5.41, 5.74) is 0.574. The number of hydrogen-bond acceptors (Lipinski definition) is 5. The summed E-state index contributed by atoms with van der Waals surface area (Å²) in [6, 6.07) is 2.76. The molecule has 0 spiro atoms. The predicted octanol–water partition coefficient (Wildman–Crippen LogP) is 2.18. The number of anilines is 1. The Labute approximate surface area is 167 Å². The minimum atomic E-state index is -1.06. The third-order valence-corrected chi connectivity index (χ3v) is 5.76. The topological polar surface area (TPSA) is 95.0 Å². The third kappa shape index (κ3) is 4.25. The van der Waals surface area contributed by atoms with Gasteiger partial charge in [0, 0.05) is 18.0 Å². The molecule has 27 heavy (non-hydrogen) atoms. The van der Waals surface area contributed by atoms with Gasteiger partial charge in [-0.15, -0.1) is 0 Å². The van der Waals surface area contributed by atoms with Crippen LogP contribution in [-0.2, 0) is 9.53 Å². The first kappa shape index (κ1) is 20.0. The second-order valence-electron chi connectivity index (χ2n) is 7.64. The van der Waals surface area contributed by atoms with Crippen molar-refractivity contribution in [3.8, 4) is 0 Å². The van der Waals surface area contributed by atoms with Gasteiger partial charge < -0.3 is 20.1 Å². The number of aromatic nitrogens is 1. The van der Waals surface area contributed by atoms with Gasteiger partial charge >= 0.3 is 6.09 Å². The zero-order valence-electron chi connectivity index (χ0n) is 15.7. The summed E-state index contributed by atoms with van der Waals surface area (Å²) < 4.78 is 6.38. The van der Waals surface area contributed by atoms with Gasteiger partial charge in [0.25, 0.3) is 0 Å². The number of amides is 2. The number of aryl methyl sites for hydroxylation is 1. The van der Waals surface area contributed by atoms with Crippen LogP contribution in [0.2, 0.25) is 0 Å². The van der Waals surface area contributed by atoms with E-state index in [0.717, 1.165) is 18.5 Å². The van der Waals surface area contributed by atoms with E-state index >= 15 is 0 Å². The third-order valence-electron chi connectivity index (χ3n) is 5.32. The van der Waals surface area contributed by atoms with Gasteiger partial charge in [-0.2, -0.15) is 0 Å². The van der Waals surface area contributed by atoms with Gasteiger partial charge in [-0.25, -0.2) is 9.78 Å². The number of nitrogens with zero attached hydrogens (tertiary/aromatic N) is 3. The summed E-state index contributed by atoms with van der Waals surface area (Å²) >= 11 is 3.29. The Balaban J connectivity index is 1.66. The number of pyridine rings is 1. The molecule has 3 unspecified atom stereocenters. The van der Waals surface area contributed by atoms with E-state index in [-0.39, 0.29) is 17.4 Å². The molecule has 1 aliphatic heterocycles. The molecule has 9 heteroatoms. The average Bonchev–Trinajstić information content (AvgIpc) is 3.18. The first-order valence-corrected chi connectivity index (χ1v) is 9.70. The van der Waals surface area contributed by atoms with Crippen molar-refractivity contribution in [2.24, 2.45) is 5.41 Å². The fraction of sp³-hybridized carbons (Fsp3) is 0.611. The second-order valence-corrected chi connectivity index (χ2v) is 8.45. The van der Waals surface area contributed by atoms with Crippen LogP contribution in [0.3, 0.4) is 0 Å². The number of carbonyl (C=O) groups excluding carboxylic acids is 1. The van der Waals surface area contributed by atoms with Crippen LogP contribution in [-0.4, -0.2) is 77.8 Å². The Morgan fingerprint density at radius 3 is 2.85 bits per heavy atom. The van der Waals surface area contributed by atoms with Crippen LogP contribution in [0.15, 0.2) is 16.7 Å². The number of fused-ring (bicyclic) bond motifs is 1. The molecular formula is C18H25BrN4O4. The van der Waals surface area contributed by atoms with Crippen LogP contribution < -0.4 is 5.32 Å². The highest BCUT2D eigenvalue weighted by atomic mass is 79.9. The number of halogens is 1. The van der Waals surface area contributed by atoms with E-state index in [1.165, 1.54) is 4.90 Å². The fourth-order valence-corrected chi connectivity index (χ4v) is 4.00. The van der Waals surface area contributed by atoms with Crippen molar-refractivity contribution in [1.29, 1.82) is 0 Å². The van der Waals surface area contributed by atoms with Crippen molar-refractivity contribution < 1.29 is 19.4 Å². The lowest BCUT2D eigenvalue weighted by molar-refractivity contribution is -0.120. The van der Waals surface area contributed by atoms with Gasteiger partial charge in [-0.1, -0.05) is 6.07 Å². The highest BCUT2D eigenvalue weighted by molar-refractivity contribution is 9.10. The Bertz CT molecular complexity index is 744. The van der Waals surface area contributed by atoms with E-state index < -0.39 is 12.1 Å². The van der Waals surface area contributed by atoms with Crippen molar-refractivity contribution >= 4 is 33.7 Å². The number of hydrogen-bond donors (Lipinski definition) is 2. The van der Waals surface area contributed by atoms with E-state index in [1.807, 2.05) is 32.0 Å². The molecular weight excluding hydrogens is 416 g/mol. The zero-order valence-corrected chi connectivity index (χ0v) is 17.3. The normalized spacial score (nSPS) is 26.2. The van der Waals surface area contributed by atoms with Crippen LogP contribution in [0, 0.1) is 12.3 Å². The lowest BCUT2D eigenvalue weighted by Gasteiger charge is -2.24. The molecule has 2 amide bonds. The number of nitrogens with one attached hydrogen (secondary N) is 1. The van der Waals surface area contributed by atoms with Gasteiger partial charge in [0.15, 0.2) is 0 Å². The van der Waals surface area contributed by atoms with Crippen molar-refractivity contribution in [2.75, 3.05) is 39.2 Å². The maximum Gasteiger partial charge on any atom is 0.408 e. The van der Waals surface area contributed by atoms with Gasteiger partial charge in [-0.3, -0.25) is 9.69 Å². The van der Waals surface area contributed by atoms with Gasteiger partial charge in [0.05, 0.1) is 13.2 Å². The quantitative estimate of drug-likeness (QED) is 0.498. The number of rotatable bonds is 7. The lowest BCUT2D eigenvalue weighted by atomic mass is 10.00. The Kier molecular flexibility index (Phi) is 5.73. The van der Waals surface area contributed by atoms with E-state index in [4.69, 9.17) is 4.74 Å². The largest absolute Gasteiger partial charge is 0.465 e. The molecule has 1 aromatic heterocycles. The van der Waals surface area contributed by atoms with Crippen molar-refractivity contribution in [3.63, 3.8) is 0 Å². The number of likely N-dealkylation sites (tertiary alicyclic amines) is 1. The Hall–Kier alpha value is -1.71. The zero-order chi connectivity index (χ0) is 19.8. The molecule has 1 aromatic rings. The van der Waals surface area contributed by atoms with Crippen LogP contribution in [0.1, 0.15) is 18.4 Å². The standard InChI is InChI=1S/C18H25BrN4O4/c1-11-4-5-14(19)20-15(11)21-16(24)12-8-18(10-27-7-6-22(2)3)9-13(18)23(12)17(25)26/h4-5,12-13H,6-10H2,1-3H3,(H,25,26)(H,20,21,24). The number of likely N-dealkylation sites (N-methyl/N-ethyl adjacent to an activating group) is 1. The number of ether oxygens (including phenoxy) is 1. The molecule has 2 heterocycles. The minimum Gasteiger partial charge on any atom is -0.465 e. The van der Waals surface area contributed by atoms with E-state index in [1.54, 1.807) is 6.07 Å². The highest BCUT2D eigenvalue weighted by Crippen LogP contribution is 2.59. The van der Waals surface area contributed by atoms with E-state index in [0.29, 0.717) is 30.1 Å². The van der Waals surface area contributed by atoms with Gasteiger partial charge in [0.1, 0.15) is 16.5 Å². The average molecular weight is 441 g/mol. The van der Waals surface area contributed by atoms with E-state index in [2.05, 4.69) is 26.2 Å². The molecule has 1 saturated carbocycles.